The molecule has 0 aliphatic carbocycles. The summed E-state index contributed by atoms with van der Waals surface area (Å²) in [6, 6.07) is -0.892. The van der Waals surface area contributed by atoms with E-state index in [1.54, 1.807) is 0 Å². The first-order chi connectivity index (χ1) is 45.8. The van der Waals surface area contributed by atoms with Crippen LogP contribution in [0.1, 0.15) is 251 Å². The number of carbonyl (C=O) groups is 1. The molecule has 0 spiro atoms. The number of allylic oxidation sites excluding steroid dienone is 14. The third-order valence-electron chi connectivity index (χ3n) is 18.0. The summed E-state index contributed by atoms with van der Waals surface area (Å²) in [5.74, 6) is -0.246. The summed E-state index contributed by atoms with van der Waals surface area (Å²) in [6.07, 6.45) is 45.2. The first-order valence-electron chi connectivity index (χ1n) is 36.8. The van der Waals surface area contributed by atoms with Gasteiger partial charge in [0, 0.05) is 6.42 Å². The summed E-state index contributed by atoms with van der Waals surface area (Å²) in [5, 5.41) is 121. The maximum Gasteiger partial charge on any atom is 0.220 e. The highest BCUT2D eigenvalue weighted by molar-refractivity contribution is 5.76. The van der Waals surface area contributed by atoms with Crippen LogP contribution in [0.4, 0.5) is 0 Å². The smallest absolute Gasteiger partial charge is 0.220 e. The van der Waals surface area contributed by atoms with Gasteiger partial charge in [0.1, 0.15) is 73.2 Å². The van der Waals surface area contributed by atoms with E-state index in [9.17, 15) is 61.0 Å². The number of ether oxygens (including phenoxy) is 6. The normalized spacial score (nSPS) is 27.9. The van der Waals surface area contributed by atoms with Crippen molar-refractivity contribution in [2.24, 2.45) is 0 Å². The van der Waals surface area contributed by atoms with Gasteiger partial charge in [0.15, 0.2) is 18.9 Å². The Hall–Kier alpha value is -3.03. The summed E-state index contributed by atoms with van der Waals surface area (Å²) in [7, 11) is 0. The second-order valence-corrected chi connectivity index (χ2v) is 26.0. The lowest BCUT2D eigenvalue weighted by Gasteiger charge is -2.48. The molecule has 1 amide bonds. The van der Waals surface area contributed by atoms with E-state index in [-0.39, 0.29) is 18.9 Å². The number of carbonyl (C=O) groups excluding carboxylic acids is 1. The minimum atomic E-state index is -1.97. The lowest BCUT2D eigenvalue weighted by molar-refractivity contribution is -0.379. The van der Waals surface area contributed by atoms with Crippen LogP contribution in [0.15, 0.2) is 85.1 Å². The van der Waals surface area contributed by atoms with E-state index in [1.165, 1.54) is 122 Å². The van der Waals surface area contributed by atoms with E-state index >= 15 is 0 Å². The first-order valence-corrected chi connectivity index (χ1v) is 36.8. The van der Waals surface area contributed by atoms with Crippen molar-refractivity contribution in [3.63, 3.8) is 0 Å². The summed E-state index contributed by atoms with van der Waals surface area (Å²) >= 11 is 0. The molecule has 3 aliphatic heterocycles. The van der Waals surface area contributed by atoms with Gasteiger partial charge < -0.3 is 89.9 Å². The molecule has 3 saturated heterocycles. The van der Waals surface area contributed by atoms with Gasteiger partial charge in [0.25, 0.3) is 0 Å². The van der Waals surface area contributed by atoms with Gasteiger partial charge in [-0.05, 0) is 70.6 Å². The van der Waals surface area contributed by atoms with Gasteiger partial charge in [-0.3, -0.25) is 4.79 Å². The zero-order valence-electron chi connectivity index (χ0n) is 57.7. The highest BCUT2D eigenvalue weighted by Crippen LogP contribution is 2.33. The number of nitrogens with one attached hydrogen (secondary N) is 1. The number of rotatable bonds is 56. The molecule has 0 aromatic carbocycles. The van der Waals surface area contributed by atoms with Crippen molar-refractivity contribution in [1.82, 2.24) is 5.32 Å². The molecule has 0 aromatic heterocycles. The second kappa shape index (κ2) is 55.8. The van der Waals surface area contributed by atoms with Crippen LogP contribution in [0.3, 0.4) is 0 Å². The molecule has 0 radical (unpaired) electrons. The molecule has 3 heterocycles. The topological polar surface area (TPSA) is 307 Å². The number of unbranched alkanes of at least 4 members (excludes halogenated alkanes) is 26. The van der Waals surface area contributed by atoms with Crippen LogP contribution in [0.2, 0.25) is 0 Å². The molecule has 544 valence electrons. The molecule has 0 saturated carbocycles. The lowest BCUT2D eigenvalue weighted by Crippen LogP contribution is -2.66. The van der Waals surface area contributed by atoms with Crippen molar-refractivity contribution in [2.45, 2.75) is 356 Å². The first kappa shape index (κ1) is 85.2. The monoisotopic (exact) mass is 1330 g/mol. The fourth-order valence-electron chi connectivity index (χ4n) is 12.1. The van der Waals surface area contributed by atoms with Gasteiger partial charge in [-0.2, -0.15) is 0 Å². The molecule has 3 fully saturated rings. The predicted molar refractivity (Wildman–Crippen MR) is 369 cm³/mol. The number of hydrogen-bond acceptors (Lipinski definition) is 18. The van der Waals surface area contributed by atoms with Crippen LogP contribution >= 0.6 is 0 Å². The third kappa shape index (κ3) is 36.7. The molecule has 0 aromatic rings. The number of aliphatic hydroxyl groups is 11. The lowest BCUT2D eigenvalue weighted by atomic mass is 9.96. The predicted octanol–water partition coefficient (Wildman–Crippen LogP) is 10.7. The fourth-order valence-corrected chi connectivity index (χ4v) is 12.1. The molecular formula is C75H131NO18. The Morgan fingerprint density at radius 1 is 0.394 bits per heavy atom. The Bertz CT molecular complexity index is 2030. The third-order valence-corrected chi connectivity index (χ3v) is 18.0. The van der Waals surface area contributed by atoms with Crippen molar-refractivity contribution in [3.05, 3.63) is 85.1 Å². The van der Waals surface area contributed by atoms with E-state index in [1.807, 2.05) is 0 Å². The summed E-state index contributed by atoms with van der Waals surface area (Å²) < 4.78 is 34.4. The largest absolute Gasteiger partial charge is 0.394 e. The molecule has 17 unspecified atom stereocenters. The second-order valence-electron chi connectivity index (χ2n) is 26.0. The molecule has 19 nitrogen and oxygen atoms in total. The standard InChI is InChI=1S/C75H131NO18/c1-3-5-7-9-11-13-15-17-19-20-21-22-23-24-25-26-27-28-29-30-31-32-33-34-35-36-37-38-39-41-43-45-47-49-51-53-63(81)76-58(59(80)52-50-48-46-44-42-40-18-16-14-12-10-8-6-4-2)57-89-73-69(87)66(84)71(61(55-78)91-73)94-75-70(88)67(85)72(62(56-79)92-75)93-74-68(86)65(83)64(82)60(54-77)90-74/h5,7,11,13,17,19,21-22,24-25,27-28,30-31,58-62,64-75,77-80,82-88H,3-4,6,8-10,12,14-16,18,20,23,26,29,32-57H2,1-2H3,(H,76,81)/b7-5-,13-11-,19-17-,22-21-,25-24-,28-27-,31-30-. The molecule has 17 atom stereocenters. The van der Waals surface area contributed by atoms with E-state index in [4.69, 9.17) is 28.4 Å². The summed E-state index contributed by atoms with van der Waals surface area (Å²) in [5.41, 5.74) is 0. The average molecular weight is 1330 g/mol. The SMILES string of the molecule is CC/C=C\C/C=C\C/C=C\C/C=C\C/C=C\C/C=C\C/C=C\CCCCCCCCCCCCCCCC(=O)NC(COC1OC(CO)C(OC2OC(CO)C(OC3OC(CO)C(O)C(O)C3O)C(O)C2O)C(O)C1O)C(O)CCCCCCCCCCCCCCCC. The van der Waals surface area contributed by atoms with Crippen molar-refractivity contribution in [2.75, 3.05) is 26.4 Å². The van der Waals surface area contributed by atoms with Gasteiger partial charge in [0.2, 0.25) is 5.91 Å². The van der Waals surface area contributed by atoms with Crippen molar-refractivity contribution in [1.29, 1.82) is 0 Å². The van der Waals surface area contributed by atoms with Gasteiger partial charge >= 0.3 is 0 Å². The van der Waals surface area contributed by atoms with Crippen LogP contribution in [0.25, 0.3) is 0 Å². The molecule has 3 aliphatic rings. The number of hydrogen-bond donors (Lipinski definition) is 12. The molecule has 0 bridgehead atoms. The Morgan fingerprint density at radius 3 is 1.15 bits per heavy atom. The van der Waals surface area contributed by atoms with Gasteiger partial charge in [-0.15, -0.1) is 0 Å². The van der Waals surface area contributed by atoms with Crippen molar-refractivity contribution < 1.29 is 89.4 Å². The fraction of sp³-hybridized carbons (Fsp3) is 0.800. The quantitative estimate of drug-likeness (QED) is 0.0199. The van der Waals surface area contributed by atoms with E-state index in [0.717, 1.165) is 96.3 Å². The highest BCUT2D eigenvalue weighted by Gasteiger charge is 2.53. The van der Waals surface area contributed by atoms with E-state index < -0.39 is 124 Å². The minimum Gasteiger partial charge on any atom is -0.394 e. The molecular weight excluding hydrogens is 1200 g/mol. The number of aliphatic hydroxyl groups excluding tert-OH is 11. The van der Waals surface area contributed by atoms with Gasteiger partial charge in [-0.25, -0.2) is 0 Å². The zero-order chi connectivity index (χ0) is 68.2. The number of amides is 1. The average Bonchev–Trinajstić information content (AvgIpc) is 0.792. The maximum absolute atomic E-state index is 13.4. The van der Waals surface area contributed by atoms with Gasteiger partial charge in [-0.1, -0.05) is 259 Å². The van der Waals surface area contributed by atoms with E-state index in [2.05, 4.69) is 104 Å². The van der Waals surface area contributed by atoms with Gasteiger partial charge in [0.05, 0.1) is 38.6 Å². The van der Waals surface area contributed by atoms with Crippen molar-refractivity contribution in [3.8, 4) is 0 Å². The Balaban J connectivity index is 1.35. The maximum atomic E-state index is 13.4. The molecule has 12 N–H and O–H groups in total. The van der Waals surface area contributed by atoms with Crippen LogP contribution in [-0.4, -0.2) is 193 Å². The Labute approximate surface area is 565 Å². The Kier molecular flexibility index (Phi) is 50.6. The van der Waals surface area contributed by atoms with E-state index in [0.29, 0.717) is 12.8 Å². The zero-order valence-corrected chi connectivity index (χ0v) is 57.7. The summed E-state index contributed by atoms with van der Waals surface area (Å²) in [6.45, 7) is 1.68. The van der Waals surface area contributed by atoms with Crippen molar-refractivity contribution >= 4 is 5.91 Å². The van der Waals surface area contributed by atoms with Crippen LogP contribution in [-0.2, 0) is 33.2 Å². The molecule has 94 heavy (non-hydrogen) atoms. The van der Waals surface area contributed by atoms with Crippen LogP contribution in [0.5, 0.6) is 0 Å². The highest BCUT2D eigenvalue weighted by atomic mass is 16.8. The Morgan fingerprint density at radius 2 is 0.734 bits per heavy atom. The minimum absolute atomic E-state index is 0.246. The molecule has 3 rings (SSSR count). The van der Waals surface area contributed by atoms with Crippen LogP contribution in [0, 0.1) is 0 Å². The summed E-state index contributed by atoms with van der Waals surface area (Å²) in [4.78, 5) is 13.4. The molecule has 19 heteroatoms. The van der Waals surface area contributed by atoms with Crippen LogP contribution < -0.4 is 5.32 Å².